The van der Waals surface area contributed by atoms with Crippen molar-refractivity contribution in [3.05, 3.63) is 0 Å². The lowest BCUT2D eigenvalue weighted by Gasteiger charge is -2.32. The highest BCUT2D eigenvalue weighted by molar-refractivity contribution is 7.89. The molecule has 1 saturated heterocycles. The van der Waals surface area contributed by atoms with Gasteiger partial charge in [-0.1, -0.05) is 33.6 Å². The molecule has 0 aromatic rings. The molecular formula is C14H31ClN2O2S. The van der Waals surface area contributed by atoms with E-state index in [0.29, 0.717) is 30.7 Å². The highest BCUT2D eigenvalue weighted by Crippen LogP contribution is 2.21. The molecule has 1 aliphatic rings. The van der Waals surface area contributed by atoms with Crippen LogP contribution in [0.2, 0.25) is 0 Å². The Morgan fingerprint density at radius 3 is 2.15 bits per heavy atom. The number of nitrogens with one attached hydrogen (secondary N) is 1. The van der Waals surface area contributed by atoms with E-state index >= 15 is 0 Å². The van der Waals surface area contributed by atoms with E-state index in [-0.39, 0.29) is 12.4 Å². The Morgan fingerprint density at radius 2 is 1.70 bits per heavy atom. The molecular weight excluding hydrogens is 296 g/mol. The predicted molar refractivity (Wildman–Crippen MR) is 87.9 cm³/mol. The summed E-state index contributed by atoms with van der Waals surface area (Å²) in [7, 11) is -3.04. The van der Waals surface area contributed by atoms with Crippen LogP contribution < -0.4 is 5.32 Å². The summed E-state index contributed by atoms with van der Waals surface area (Å²) < 4.78 is 26.4. The number of halogens is 1. The van der Waals surface area contributed by atoms with Crippen molar-refractivity contribution in [3.8, 4) is 0 Å². The molecule has 0 radical (unpaired) electrons. The van der Waals surface area contributed by atoms with Crippen LogP contribution >= 0.6 is 12.4 Å². The Bertz CT molecular complexity index is 337. The molecule has 20 heavy (non-hydrogen) atoms. The second-order valence-corrected chi connectivity index (χ2v) is 7.62. The first-order valence-electron chi connectivity index (χ1n) is 7.71. The van der Waals surface area contributed by atoms with Crippen LogP contribution in [0, 0.1) is 11.8 Å². The molecule has 0 bridgehead atoms. The summed E-state index contributed by atoms with van der Waals surface area (Å²) in [5.74, 6) is 1.28. The zero-order valence-electron chi connectivity index (χ0n) is 13.1. The molecule has 122 valence electrons. The van der Waals surface area contributed by atoms with Gasteiger partial charge in [0.1, 0.15) is 0 Å². The van der Waals surface area contributed by atoms with Gasteiger partial charge >= 0.3 is 0 Å². The van der Waals surface area contributed by atoms with Crippen LogP contribution in [0.3, 0.4) is 0 Å². The van der Waals surface area contributed by atoms with Crippen LogP contribution in [0.4, 0.5) is 0 Å². The van der Waals surface area contributed by atoms with Crippen molar-refractivity contribution in [3.63, 3.8) is 0 Å². The van der Waals surface area contributed by atoms with E-state index in [2.05, 4.69) is 26.1 Å². The molecule has 1 rings (SSSR count). The Labute approximate surface area is 131 Å². The van der Waals surface area contributed by atoms with E-state index in [9.17, 15) is 8.42 Å². The van der Waals surface area contributed by atoms with Gasteiger partial charge in [-0.2, -0.15) is 0 Å². The monoisotopic (exact) mass is 326 g/mol. The summed E-state index contributed by atoms with van der Waals surface area (Å²) >= 11 is 0. The van der Waals surface area contributed by atoms with Crippen molar-refractivity contribution in [1.29, 1.82) is 0 Å². The molecule has 1 aliphatic heterocycles. The van der Waals surface area contributed by atoms with Crippen LogP contribution in [0.5, 0.6) is 0 Å². The van der Waals surface area contributed by atoms with Crippen LogP contribution in [-0.4, -0.2) is 44.7 Å². The Hall–Kier alpha value is 0.160. The molecule has 0 unspecified atom stereocenters. The van der Waals surface area contributed by atoms with Gasteiger partial charge in [-0.15, -0.1) is 12.4 Å². The lowest BCUT2D eigenvalue weighted by molar-refractivity contribution is 0.267. The lowest BCUT2D eigenvalue weighted by atomic mass is 9.98. The van der Waals surface area contributed by atoms with Gasteiger partial charge in [-0.25, -0.2) is 12.7 Å². The topological polar surface area (TPSA) is 49.4 Å². The van der Waals surface area contributed by atoms with Crippen LogP contribution in [0.1, 0.15) is 46.5 Å². The van der Waals surface area contributed by atoms with E-state index in [0.717, 1.165) is 38.8 Å². The summed E-state index contributed by atoms with van der Waals surface area (Å²) in [6, 6.07) is 0. The molecule has 1 heterocycles. The van der Waals surface area contributed by atoms with E-state index in [1.165, 1.54) is 0 Å². The summed E-state index contributed by atoms with van der Waals surface area (Å²) in [5, 5.41) is 3.35. The third-order valence-electron chi connectivity index (χ3n) is 4.25. The molecule has 0 aliphatic carbocycles. The van der Waals surface area contributed by atoms with Gasteiger partial charge in [0, 0.05) is 13.1 Å². The molecule has 1 N–H and O–H groups in total. The highest BCUT2D eigenvalue weighted by atomic mass is 35.5. The van der Waals surface area contributed by atoms with E-state index < -0.39 is 10.0 Å². The SMILES string of the molecule is CCNCC1CCN(S(=O)(=O)CC(CC)CC)CC1.Cl. The summed E-state index contributed by atoms with van der Waals surface area (Å²) in [5.41, 5.74) is 0. The first-order chi connectivity index (χ1) is 9.03. The Kier molecular flexibility index (Phi) is 10.1. The van der Waals surface area contributed by atoms with Crippen molar-refractivity contribution in [1.82, 2.24) is 9.62 Å². The Morgan fingerprint density at radius 1 is 1.15 bits per heavy atom. The van der Waals surface area contributed by atoms with Gasteiger partial charge in [0.2, 0.25) is 10.0 Å². The zero-order chi connectivity index (χ0) is 14.3. The minimum absolute atomic E-state index is 0. The molecule has 0 aromatic carbocycles. The lowest BCUT2D eigenvalue weighted by Crippen LogP contribution is -2.42. The first-order valence-corrected chi connectivity index (χ1v) is 9.32. The van der Waals surface area contributed by atoms with Gasteiger partial charge in [0.15, 0.2) is 0 Å². The predicted octanol–water partition coefficient (Wildman–Crippen LogP) is 2.50. The fourth-order valence-electron chi connectivity index (χ4n) is 2.67. The maximum absolute atomic E-state index is 12.3. The van der Waals surface area contributed by atoms with Crippen molar-refractivity contribution in [2.45, 2.75) is 46.5 Å². The Balaban J connectivity index is 0.00000361. The molecule has 0 atom stereocenters. The summed E-state index contributed by atoms with van der Waals surface area (Å²) in [4.78, 5) is 0. The number of nitrogens with zero attached hydrogens (tertiary/aromatic N) is 1. The zero-order valence-corrected chi connectivity index (χ0v) is 14.7. The standard InChI is InChI=1S/C14H30N2O2S.ClH/c1-4-13(5-2)12-19(17,18)16-9-7-14(8-10-16)11-15-6-3;/h13-15H,4-12H2,1-3H3;1H. The van der Waals surface area contributed by atoms with Crippen LogP contribution in [0.25, 0.3) is 0 Å². The van der Waals surface area contributed by atoms with E-state index in [1.807, 2.05) is 0 Å². The highest BCUT2D eigenvalue weighted by Gasteiger charge is 2.29. The minimum atomic E-state index is -3.04. The fourth-order valence-corrected chi connectivity index (χ4v) is 4.71. The number of rotatable bonds is 8. The van der Waals surface area contributed by atoms with E-state index in [4.69, 9.17) is 0 Å². The third kappa shape index (κ3) is 6.29. The van der Waals surface area contributed by atoms with Gasteiger partial charge in [0.25, 0.3) is 0 Å². The minimum Gasteiger partial charge on any atom is -0.317 e. The van der Waals surface area contributed by atoms with Crippen LogP contribution in [-0.2, 0) is 10.0 Å². The molecule has 6 heteroatoms. The molecule has 0 aromatic heterocycles. The quantitative estimate of drug-likeness (QED) is 0.745. The number of piperidine rings is 1. The normalized spacial score (nSPS) is 18.2. The van der Waals surface area contributed by atoms with Crippen LogP contribution in [0.15, 0.2) is 0 Å². The summed E-state index contributed by atoms with van der Waals surface area (Å²) in [6.45, 7) is 9.69. The number of sulfonamides is 1. The van der Waals surface area contributed by atoms with Crippen molar-refractivity contribution in [2.75, 3.05) is 31.9 Å². The summed E-state index contributed by atoms with van der Waals surface area (Å²) in [6.07, 6.45) is 3.89. The maximum atomic E-state index is 12.3. The van der Waals surface area contributed by atoms with Gasteiger partial charge < -0.3 is 5.32 Å². The van der Waals surface area contributed by atoms with Gasteiger partial charge in [-0.3, -0.25) is 0 Å². The number of hydrogen-bond acceptors (Lipinski definition) is 3. The average Bonchev–Trinajstić information content (AvgIpc) is 2.43. The van der Waals surface area contributed by atoms with E-state index in [1.54, 1.807) is 4.31 Å². The van der Waals surface area contributed by atoms with Crippen molar-refractivity contribution in [2.24, 2.45) is 11.8 Å². The third-order valence-corrected chi connectivity index (χ3v) is 6.30. The molecule has 4 nitrogen and oxygen atoms in total. The molecule has 0 spiro atoms. The van der Waals surface area contributed by atoms with Crippen molar-refractivity contribution >= 4 is 22.4 Å². The average molecular weight is 327 g/mol. The fraction of sp³-hybridized carbons (Fsp3) is 1.00. The number of hydrogen-bond donors (Lipinski definition) is 1. The second kappa shape index (κ2) is 9.98. The second-order valence-electron chi connectivity index (χ2n) is 5.61. The maximum Gasteiger partial charge on any atom is 0.214 e. The molecule has 1 fully saturated rings. The smallest absolute Gasteiger partial charge is 0.214 e. The van der Waals surface area contributed by atoms with Crippen molar-refractivity contribution < 1.29 is 8.42 Å². The van der Waals surface area contributed by atoms with Gasteiger partial charge in [0.05, 0.1) is 5.75 Å². The molecule has 0 saturated carbocycles. The first kappa shape index (κ1) is 20.2. The van der Waals surface area contributed by atoms with Gasteiger partial charge in [-0.05, 0) is 37.8 Å². The largest absolute Gasteiger partial charge is 0.317 e. The molecule has 0 amide bonds.